The molecule has 7 nitrogen and oxygen atoms in total. The van der Waals surface area contributed by atoms with Crippen LogP contribution in [0.5, 0.6) is 0 Å². The number of nitrogens with one attached hydrogen (secondary N) is 2. The highest BCUT2D eigenvalue weighted by Crippen LogP contribution is 2.32. The Morgan fingerprint density at radius 1 is 1.24 bits per heavy atom. The summed E-state index contributed by atoms with van der Waals surface area (Å²) in [6.45, 7) is 0.122. The van der Waals surface area contributed by atoms with Crippen molar-refractivity contribution in [3.8, 4) is 0 Å². The fourth-order valence-electron chi connectivity index (χ4n) is 2.33. The molecule has 1 atom stereocenters. The lowest BCUT2D eigenvalue weighted by molar-refractivity contribution is -0.120. The summed E-state index contributed by atoms with van der Waals surface area (Å²) >= 11 is 0. The van der Waals surface area contributed by atoms with Gasteiger partial charge in [-0.15, -0.1) is 0 Å². The second-order valence-electron chi connectivity index (χ2n) is 4.80. The lowest BCUT2D eigenvalue weighted by Gasteiger charge is -2.30. The standard InChI is InChI=1S/C14H11N5O2/c20-13-14(18-10-6-15-8-16-11(10)17-13)7-21-12(19-14)9-4-2-1-3-5-9/h1-6,8,18H,7H2,(H,15,16,17,20). The van der Waals surface area contributed by atoms with Crippen LogP contribution in [0.1, 0.15) is 5.56 Å². The number of benzene rings is 1. The molecule has 0 aliphatic carbocycles. The molecule has 0 saturated heterocycles. The average Bonchev–Trinajstić information content (AvgIpc) is 2.95. The minimum Gasteiger partial charge on any atom is -0.472 e. The molecule has 0 radical (unpaired) electrons. The Kier molecular flexibility index (Phi) is 2.41. The molecule has 0 fully saturated rings. The molecule has 2 aliphatic heterocycles. The fourth-order valence-corrected chi connectivity index (χ4v) is 2.33. The monoisotopic (exact) mass is 281 g/mol. The number of carbonyl (C=O) groups excluding carboxylic acids is 1. The van der Waals surface area contributed by atoms with Gasteiger partial charge in [-0.05, 0) is 12.1 Å². The van der Waals surface area contributed by atoms with Crippen molar-refractivity contribution >= 4 is 23.3 Å². The van der Waals surface area contributed by atoms with Gasteiger partial charge in [0.25, 0.3) is 5.91 Å². The Bertz CT molecular complexity index is 746. The Balaban J connectivity index is 1.73. The summed E-state index contributed by atoms with van der Waals surface area (Å²) < 4.78 is 5.60. The molecule has 21 heavy (non-hydrogen) atoms. The molecule has 3 heterocycles. The van der Waals surface area contributed by atoms with E-state index in [2.05, 4.69) is 25.6 Å². The average molecular weight is 281 g/mol. The number of aliphatic imine (C=N–C) groups is 1. The zero-order valence-corrected chi connectivity index (χ0v) is 10.9. The van der Waals surface area contributed by atoms with Crippen LogP contribution in [-0.4, -0.2) is 34.0 Å². The van der Waals surface area contributed by atoms with Gasteiger partial charge < -0.3 is 15.4 Å². The maximum Gasteiger partial charge on any atom is 0.277 e. The second-order valence-corrected chi connectivity index (χ2v) is 4.80. The molecular formula is C14H11N5O2. The SMILES string of the molecule is O=C1Nc2ncncc2NC12COC(c1ccccc1)=N2. The van der Waals surface area contributed by atoms with E-state index < -0.39 is 5.66 Å². The summed E-state index contributed by atoms with van der Waals surface area (Å²) in [7, 11) is 0. The third-order valence-electron chi connectivity index (χ3n) is 3.39. The molecule has 2 N–H and O–H groups in total. The van der Waals surface area contributed by atoms with Crippen molar-refractivity contribution in [2.45, 2.75) is 5.66 Å². The van der Waals surface area contributed by atoms with Crippen LogP contribution < -0.4 is 10.6 Å². The topological polar surface area (TPSA) is 88.5 Å². The summed E-state index contributed by atoms with van der Waals surface area (Å²) in [5.41, 5.74) is 0.293. The Labute approximate surface area is 120 Å². The van der Waals surface area contributed by atoms with Crippen molar-refractivity contribution in [3.63, 3.8) is 0 Å². The smallest absolute Gasteiger partial charge is 0.277 e. The zero-order valence-electron chi connectivity index (χ0n) is 10.9. The van der Waals surface area contributed by atoms with Gasteiger partial charge in [-0.3, -0.25) is 4.79 Å². The van der Waals surface area contributed by atoms with Gasteiger partial charge in [0.1, 0.15) is 12.9 Å². The number of hydrogen-bond acceptors (Lipinski definition) is 6. The highest BCUT2D eigenvalue weighted by atomic mass is 16.5. The number of aromatic nitrogens is 2. The number of fused-ring (bicyclic) bond motifs is 1. The van der Waals surface area contributed by atoms with E-state index in [0.717, 1.165) is 5.56 Å². The van der Waals surface area contributed by atoms with Crippen molar-refractivity contribution < 1.29 is 9.53 Å². The van der Waals surface area contributed by atoms with Crippen LogP contribution in [-0.2, 0) is 9.53 Å². The number of rotatable bonds is 1. The van der Waals surface area contributed by atoms with E-state index in [-0.39, 0.29) is 12.5 Å². The highest BCUT2D eigenvalue weighted by molar-refractivity contribution is 6.08. The van der Waals surface area contributed by atoms with Crippen LogP contribution in [0, 0.1) is 0 Å². The third kappa shape index (κ3) is 1.82. The number of carbonyl (C=O) groups is 1. The van der Waals surface area contributed by atoms with Crippen molar-refractivity contribution in [1.29, 1.82) is 0 Å². The Morgan fingerprint density at radius 2 is 2.10 bits per heavy atom. The van der Waals surface area contributed by atoms with Crippen LogP contribution in [0.2, 0.25) is 0 Å². The molecule has 0 bridgehead atoms. The minimum atomic E-state index is -1.16. The summed E-state index contributed by atoms with van der Waals surface area (Å²) in [5, 5.41) is 5.80. The van der Waals surface area contributed by atoms with E-state index in [0.29, 0.717) is 17.4 Å². The highest BCUT2D eigenvalue weighted by Gasteiger charge is 2.47. The molecule has 1 spiro atoms. The summed E-state index contributed by atoms with van der Waals surface area (Å²) in [6, 6.07) is 9.46. The van der Waals surface area contributed by atoms with Gasteiger partial charge in [-0.2, -0.15) is 0 Å². The normalized spacial score (nSPS) is 22.9. The maximum atomic E-state index is 12.3. The summed E-state index contributed by atoms with van der Waals surface area (Å²) in [5.74, 6) is 0.599. The van der Waals surface area contributed by atoms with Crippen molar-refractivity contribution in [2.75, 3.05) is 17.2 Å². The first kappa shape index (κ1) is 11.8. The molecule has 1 aromatic carbocycles. The number of anilines is 2. The van der Waals surface area contributed by atoms with Gasteiger partial charge in [-0.25, -0.2) is 15.0 Å². The van der Waals surface area contributed by atoms with Crippen LogP contribution in [0.25, 0.3) is 0 Å². The Morgan fingerprint density at radius 3 is 2.95 bits per heavy atom. The predicted molar refractivity (Wildman–Crippen MR) is 75.9 cm³/mol. The molecule has 1 unspecified atom stereocenters. The second kappa shape index (κ2) is 4.27. The molecule has 2 aliphatic rings. The lowest BCUT2D eigenvalue weighted by atomic mass is 10.1. The fraction of sp³-hybridized carbons (Fsp3) is 0.143. The molecule has 4 rings (SSSR count). The summed E-state index contributed by atoms with van der Waals surface area (Å²) in [6.07, 6.45) is 2.97. The molecule has 2 aromatic rings. The van der Waals surface area contributed by atoms with Crippen LogP contribution in [0.4, 0.5) is 11.5 Å². The minimum absolute atomic E-state index is 0.122. The van der Waals surface area contributed by atoms with E-state index in [9.17, 15) is 4.79 Å². The van der Waals surface area contributed by atoms with Crippen molar-refractivity contribution in [1.82, 2.24) is 9.97 Å². The molecule has 0 saturated carbocycles. The number of hydrogen-bond donors (Lipinski definition) is 2. The van der Waals surface area contributed by atoms with Gasteiger partial charge >= 0.3 is 0 Å². The van der Waals surface area contributed by atoms with Crippen LogP contribution in [0.3, 0.4) is 0 Å². The van der Waals surface area contributed by atoms with Gasteiger partial charge in [-0.1, -0.05) is 18.2 Å². The maximum absolute atomic E-state index is 12.3. The van der Waals surface area contributed by atoms with E-state index in [4.69, 9.17) is 4.74 Å². The van der Waals surface area contributed by atoms with E-state index >= 15 is 0 Å². The van der Waals surface area contributed by atoms with Gasteiger partial charge in [0.2, 0.25) is 11.6 Å². The first-order valence-electron chi connectivity index (χ1n) is 6.45. The van der Waals surface area contributed by atoms with Crippen LogP contribution in [0.15, 0.2) is 47.8 Å². The molecule has 1 aromatic heterocycles. The molecule has 104 valence electrons. The first-order chi connectivity index (χ1) is 10.3. The van der Waals surface area contributed by atoms with Crippen LogP contribution >= 0.6 is 0 Å². The van der Waals surface area contributed by atoms with Gasteiger partial charge in [0.05, 0.1) is 11.9 Å². The third-order valence-corrected chi connectivity index (χ3v) is 3.39. The number of nitrogens with zero attached hydrogens (tertiary/aromatic N) is 3. The van der Waals surface area contributed by atoms with E-state index in [1.807, 2.05) is 30.3 Å². The number of amides is 1. The quantitative estimate of drug-likeness (QED) is 0.814. The van der Waals surface area contributed by atoms with Crippen molar-refractivity contribution in [2.24, 2.45) is 4.99 Å². The van der Waals surface area contributed by atoms with E-state index in [1.54, 1.807) is 6.20 Å². The van der Waals surface area contributed by atoms with E-state index in [1.165, 1.54) is 6.33 Å². The predicted octanol–water partition coefficient (Wildman–Crippen LogP) is 1.01. The zero-order chi connectivity index (χ0) is 14.3. The largest absolute Gasteiger partial charge is 0.472 e. The summed E-state index contributed by atoms with van der Waals surface area (Å²) in [4.78, 5) is 24.7. The molecular weight excluding hydrogens is 270 g/mol. The van der Waals surface area contributed by atoms with Crippen molar-refractivity contribution in [3.05, 3.63) is 48.4 Å². The van der Waals surface area contributed by atoms with Gasteiger partial charge in [0.15, 0.2) is 5.82 Å². The van der Waals surface area contributed by atoms with Gasteiger partial charge in [0, 0.05) is 5.56 Å². The molecule has 1 amide bonds. The first-order valence-corrected chi connectivity index (χ1v) is 6.45. The number of ether oxygens (including phenoxy) is 1. The molecule has 7 heteroatoms. The Hall–Kier alpha value is -2.96. The lowest BCUT2D eigenvalue weighted by Crippen LogP contribution is -2.52.